The van der Waals surface area contributed by atoms with Crippen LogP contribution in [0.2, 0.25) is 0 Å². The summed E-state index contributed by atoms with van der Waals surface area (Å²) in [7, 11) is 0. The molecule has 0 radical (unpaired) electrons. The lowest BCUT2D eigenvalue weighted by atomic mass is 9.73. The summed E-state index contributed by atoms with van der Waals surface area (Å²) in [6, 6.07) is 8.72. The van der Waals surface area contributed by atoms with Crippen LogP contribution in [0.15, 0.2) is 24.3 Å². The molecule has 0 unspecified atom stereocenters. The molecule has 1 aliphatic rings. The highest BCUT2D eigenvalue weighted by Crippen LogP contribution is 2.45. The number of esters is 1. The Balaban J connectivity index is 1.71. The van der Waals surface area contributed by atoms with Crippen LogP contribution in [0.4, 0.5) is 0 Å². The van der Waals surface area contributed by atoms with Crippen molar-refractivity contribution in [3.05, 3.63) is 50.7 Å². The summed E-state index contributed by atoms with van der Waals surface area (Å²) in [6.45, 7) is 13.4. The number of carbonyl (C=O) groups excluding carboxylic acids is 1. The first kappa shape index (κ1) is 24.4. The van der Waals surface area contributed by atoms with Crippen LogP contribution in [0.5, 0.6) is 5.75 Å². The van der Waals surface area contributed by atoms with Gasteiger partial charge < -0.3 is 9.47 Å². The summed E-state index contributed by atoms with van der Waals surface area (Å²) in [5.41, 5.74) is 3.50. The highest BCUT2D eigenvalue weighted by atomic mass is 32.1. The van der Waals surface area contributed by atoms with E-state index in [9.17, 15) is 4.79 Å². The molecule has 32 heavy (non-hydrogen) atoms. The molecule has 0 saturated heterocycles. The molecular weight excluding hydrogens is 416 g/mol. The molecule has 0 N–H and O–H groups in total. The van der Waals surface area contributed by atoms with Crippen LogP contribution in [-0.2, 0) is 27.8 Å². The third kappa shape index (κ3) is 6.17. The Hall–Kier alpha value is -2.25. The van der Waals surface area contributed by atoms with Crippen LogP contribution in [-0.4, -0.2) is 18.2 Å². The van der Waals surface area contributed by atoms with E-state index in [4.69, 9.17) is 9.47 Å². The second kappa shape index (κ2) is 10.1. The Morgan fingerprint density at radius 3 is 2.62 bits per heavy atom. The molecule has 0 fully saturated rings. The number of rotatable bonds is 7. The number of hydrogen-bond donors (Lipinski definition) is 0. The van der Waals surface area contributed by atoms with Gasteiger partial charge in [-0.15, -0.1) is 11.3 Å². The van der Waals surface area contributed by atoms with Crippen LogP contribution in [0.3, 0.4) is 0 Å². The lowest BCUT2D eigenvalue weighted by molar-refractivity contribution is -0.143. The van der Waals surface area contributed by atoms with Crippen molar-refractivity contribution in [2.75, 3.05) is 6.61 Å². The molecule has 2 aromatic rings. The van der Waals surface area contributed by atoms with Crippen LogP contribution < -0.4 is 4.74 Å². The smallest absolute Gasteiger partial charge is 0.305 e. The molecule has 3 rings (SSSR count). The molecular formula is C28H36O3S. The van der Waals surface area contributed by atoms with E-state index in [1.165, 1.54) is 16.0 Å². The van der Waals surface area contributed by atoms with Crippen molar-refractivity contribution >= 4 is 17.3 Å². The topological polar surface area (TPSA) is 35.5 Å². The maximum absolute atomic E-state index is 11.4. The molecule has 1 aliphatic heterocycles. The fourth-order valence-corrected chi connectivity index (χ4v) is 5.55. The SMILES string of the molecule is CCOC(=O)CCCCc1ccc(C#Cc2cc3c(cc2CC)OC(C)(C)CC3(C)C)s1. The zero-order chi connectivity index (χ0) is 23.4. The molecule has 0 aliphatic carbocycles. The molecule has 0 atom stereocenters. The van der Waals surface area contributed by atoms with E-state index in [0.29, 0.717) is 13.0 Å². The minimum atomic E-state index is -0.154. The van der Waals surface area contributed by atoms with Crippen LogP contribution >= 0.6 is 11.3 Å². The molecule has 1 aromatic heterocycles. The van der Waals surface area contributed by atoms with Gasteiger partial charge in [-0.1, -0.05) is 32.6 Å². The van der Waals surface area contributed by atoms with E-state index in [-0.39, 0.29) is 17.0 Å². The minimum Gasteiger partial charge on any atom is -0.488 e. The normalized spacial score (nSPS) is 15.8. The zero-order valence-electron chi connectivity index (χ0n) is 20.4. The quantitative estimate of drug-likeness (QED) is 0.262. The van der Waals surface area contributed by atoms with Crippen molar-refractivity contribution in [1.82, 2.24) is 0 Å². The lowest BCUT2D eigenvalue weighted by Crippen LogP contribution is -2.41. The summed E-state index contributed by atoms with van der Waals surface area (Å²) in [4.78, 5) is 13.8. The van der Waals surface area contributed by atoms with Crippen LogP contribution in [0.1, 0.15) is 93.7 Å². The number of unbranched alkanes of at least 4 members (excludes halogenated alkanes) is 1. The molecule has 0 amide bonds. The van der Waals surface area contributed by atoms with E-state index in [1.807, 2.05) is 6.92 Å². The van der Waals surface area contributed by atoms with E-state index >= 15 is 0 Å². The van der Waals surface area contributed by atoms with Gasteiger partial charge in [0, 0.05) is 22.4 Å². The van der Waals surface area contributed by atoms with Crippen LogP contribution in [0.25, 0.3) is 0 Å². The number of thiophene rings is 1. The predicted molar refractivity (Wildman–Crippen MR) is 133 cm³/mol. The van der Waals surface area contributed by atoms with Gasteiger partial charge in [0.2, 0.25) is 0 Å². The highest BCUT2D eigenvalue weighted by molar-refractivity contribution is 7.12. The predicted octanol–water partition coefficient (Wildman–Crippen LogP) is 6.82. The van der Waals surface area contributed by atoms with Gasteiger partial charge in [-0.2, -0.15) is 0 Å². The highest BCUT2D eigenvalue weighted by Gasteiger charge is 2.39. The summed E-state index contributed by atoms with van der Waals surface area (Å²) in [5, 5.41) is 0. The number of ether oxygens (including phenoxy) is 2. The summed E-state index contributed by atoms with van der Waals surface area (Å²) >= 11 is 1.75. The Morgan fingerprint density at radius 2 is 1.91 bits per heavy atom. The third-order valence-electron chi connectivity index (χ3n) is 5.91. The first-order valence-corrected chi connectivity index (χ1v) is 12.6. The standard InChI is InChI=1S/C28H36O3S/c1-7-20-18-25-24(27(3,4)19-28(5,6)31-25)17-21(20)13-14-23-16-15-22(32-23)11-9-10-12-26(29)30-8-2/h15-18H,7-12,19H2,1-6H3. The zero-order valence-corrected chi connectivity index (χ0v) is 21.2. The Bertz CT molecular complexity index is 1020. The maximum atomic E-state index is 11.4. The Morgan fingerprint density at radius 1 is 1.12 bits per heavy atom. The summed E-state index contributed by atoms with van der Waals surface area (Å²) < 4.78 is 11.3. The van der Waals surface area contributed by atoms with Gasteiger partial charge in [-0.05, 0) is 88.1 Å². The largest absolute Gasteiger partial charge is 0.488 e. The molecule has 4 heteroatoms. The van der Waals surface area contributed by atoms with Gasteiger partial charge in [0.15, 0.2) is 0 Å². The number of benzene rings is 1. The van der Waals surface area contributed by atoms with Gasteiger partial charge >= 0.3 is 5.97 Å². The first-order chi connectivity index (χ1) is 15.1. The average molecular weight is 453 g/mol. The van der Waals surface area contributed by atoms with Gasteiger partial charge in [-0.3, -0.25) is 4.79 Å². The molecule has 3 nitrogen and oxygen atoms in total. The van der Waals surface area contributed by atoms with Crippen molar-refractivity contribution < 1.29 is 14.3 Å². The minimum absolute atomic E-state index is 0.0550. The third-order valence-corrected chi connectivity index (χ3v) is 6.97. The Labute approximate surface area is 197 Å². The first-order valence-electron chi connectivity index (χ1n) is 11.8. The van der Waals surface area contributed by atoms with Gasteiger partial charge in [0.25, 0.3) is 0 Å². The molecule has 0 saturated carbocycles. The number of aryl methyl sites for hydroxylation is 2. The van der Waals surface area contributed by atoms with Crippen molar-refractivity contribution in [2.24, 2.45) is 0 Å². The fourth-order valence-electron chi connectivity index (χ4n) is 4.65. The van der Waals surface area contributed by atoms with E-state index in [0.717, 1.165) is 48.3 Å². The fraction of sp³-hybridized carbons (Fsp3) is 0.536. The van der Waals surface area contributed by atoms with Crippen molar-refractivity contribution in [3.63, 3.8) is 0 Å². The average Bonchev–Trinajstić information content (AvgIpc) is 3.16. The maximum Gasteiger partial charge on any atom is 0.305 e. The second-order valence-corrected chi connectivity index (χ2v) is 11.0. The van der Waals surface area contributed by atoms with Gasteiger partial charge in [0.05, 0.1) is 11.5 Å². The van der Waals surface area contributed by atoms with E-state index < -0.39 is 0 Å². The van der Waals surface area contributed by atoms with Crippen LogP contribution in [0, 0.1) is 11.8 Å². The molecule has 1 aromatic carbocycles. The summed E-state index contributed by atoms with van der Waals surface area (Å²) in [6.07, 6.45) is 5.24. The second-order valence-electron chi connectivity index (χ2n) is 9.81. The Kier molecular flexibility index (Phi) is 7.72. The van der Waals surface area contributed by atoms with Crippen molar-refractivity contribution in [2.45, 2.75) is 91.1 Å². The molecule has 2 heterocycles. The van der Waals surface area contributed by atoms with E-state index in [1.54, 1.807) is 11.3 Å². The number of hydrogen-bond acceptors (Lipinski definition) is 4. The van der Waals surface area contributed by atoms with Crippen molar-refractivity contribution in [3.8, 4) is 17.6 Å². The lowest BCUT2D eigenvalue weighted by Gasteiger charge is -2.42. The molecule has 0 spiro atoms. The monoisotopic (exact) mass is 452 g/mol. The molecule has 0 bridgehead atoms. The summed E-state index contributed by atoms with van der Waals surface area (Å²) in [5.74, 6) is 7.74. The number of carbonyl (C=O) groups is 1. The van der Waals surface area contributed by atoms with Gasteiger partial charge in [0.1, 0.15) is 11.4 Å². The van der Waals surface area contributed by atoms with Crippen molar-refractivity contribution in [1.29, 1.82) is 0 Å². The van der Waals surface area contributed by atoms with E-state index in [2.05, 4.69) is 70.7 Å². The number of fused-ring (bicyclic) bond motifs is 1. The van der Waals surface area contributed by atoms with Gasteiger partial charge in [-0.25, -0.2) is 0 Å². The molecule has 172 valence electrons.